The topological polar surface area (TPSA) is 101 Å². The molecule has 0 aliphatic carbocycles. The van der Waals surface area contributed by atoms with Crippen LogP contribution in [0.25, 0.3) is 5.70 Å². The van der Waals surface area contributed by atoms with E-state index < -0.39 is 0 Å². The average Bonchev–Trinajstić information content (AvgIpc) is 3.33. The van der Waals surface area contributed by atoms with Crippen LogP contribution in [0.2, 0.25) is 0 Å². The van der Waals surface area contributed by atoms with Gasteiger partial charge in [-0.25, -0.2) is 4.99 Å². The molecule has 1 aromatic carbocycles. The second-order valence-corrected chi connectivity index (χ2v) is 8.99. The van der Waals surface area contributed by atoms with Gasteiger partial charge in [0, 0.05) is 24.5 Å². The van der Waals surface area contributed by atoms with Crippen LogP contribution in [0.15, 0.2) is 95.3 Å². The maximum Gasteiger partial charge on any atom is 0.254 e. The molecule has 0 bridgehead atoms. The minimum atomic E-state index is 0.361. The van der Waals surface area contributed by atoms with E-state index in [4.69, 9.17) is 9.84 Å². The predicted octanol–water partition coefficient (Wildman–Crippen LogP) is 7.85. The molecule has 0 aliphatic heterocycles. The molecule has 0 amide bonds. The predicted molar refractivity (Wildman–Crippen MR) is 157 cm³/mol. The van der Waals surface area contributed by atoms with Gasteiger partial charge >= 0.3 is 0 Å². The summed E-state index contributed by atoms with van der Waals surface area (Å²) in [6.07, 6.45) is 12.1. The molecule has 38 heavy (non-hydrogen) atoms. The van der Waals surface area contributed by atoms with Crippen molar-refractivity contribution < 1.29 is 4.74 Å². The summed E-state index contributed by atoms with van der Waals surface area (Å²) < 4.78 is 7.47. The van der Waals surface area contributed by atoms with E-state index in [0.717, 1.165) is 11.3 Å². The first-order valence-corrected chi connectivity index (χ1v) is 13.3. The van der Waals surface area contributed by atoms with Crippen molar-refractivity contribution in [2.24, 2.45) is 4.99 Å². The summed E-state index contributed by atoms with van der Waals surface area (Å²) in [7, 11) is 0. The summed E-state index contributed by atoms with van der Waals surface area (Å²) >= 11 is 1.45. The summed E-state index contributed by atoms with van der Waals surface area (Å²) in [6.45, 7) is 9.96. The number of benzene rings is 1. The molecule has 0 saturated heterocycles. The Balaban J connectivity index is 1.94. The van der Waals surface area contributed by atoms with Crippen LogP contribution in [0.1, 0.15) is 33.6 Å². The Bertz CT molecular complexity index is 1390. The first-order chi connectivity index (χ1) is 18.5. The number of aromatic nitrogens is 4. The number of nitrogens with one attached hydrogen (secondary N) is 1. The quantitative estimate of drug-likeness (QED) is 0.111. The van der Waals surface area contributed by atoms with Gasteiger partial charge in [0.1, 0.15) is 11.5 Å². The molecule has 0 aliphatic rings. The normalized spacial score (nSPS) is 12.0. The highest BCUT2D eigenvalue weighted by atomic mass is 32.2. The van der Waals surface area contributed by atoms with E-state index in [9.17, 15) is 5.26 Å². The summed E-state index contributed by atoms with van der Waals surface area (Å²) in [5, 5.41) is 17.8. The fourth-order valence-corrected chi connectivity index (χ4v) is 3.52. The van der Waals surface area contributed by atoms with Crippen molar-refractivity contribution in [1.29, 1.82) is 5.26 Å². The van der Waals surface area contributed by atoms with Crippen molar-refractivity contribution in [3.05, 3.63) is 90.3 Å². The molecule has 0 saturated carbocycles. The lowest BCUT2D eigenvalue weighted by Gasteiger charge is -2.12. The van der Waals surface area contributed by atoms with Gasteiger partial charge < -0.3 is 10.1 Å². The van der Waals surface area contributed by atoms with Crippen LogP contribution in [0.5, 0.6) is 11.5 Å². The van der Waals surface area contributed by atoms with Gasteiger partial charge in [-0.15, -0.1) is 16.9 Å². The van der Waals surface area contributed by atoms with Crippen LogP contribution in [-0.4, -0.2) is 31.6 Å². The smallest absolute Gasteiger partial charge is 0.254 e. The van der Waals surface area contributed by atoms with Crippen molar-refractivity contribution in [2.45, 2.75) is 33.6 Å². The zero-order valence-electron chi connectivity index (χ0n) is 22.0. The Morgan fingerprint density at radius 1 is 1.16 bits per heavy atom. The van der Waals surface area contributed by atoms with Gasteiger partial charge in [0.25, 0.3) is 5.95 Å². The van der Waals surface area contributed by atoms with Gasteiger partial charge in [0.05, 0.1) is 22.9 Å². The number of allylic oxidation sites excluding steroid dienone is 7. The van der Waals surface area contributed by atoms with Crippen LogP contribution >= 0.6 is 11.8 Å². The molecule has 194 valence electrons. The van der Waals surface area contributed by atoms with Crippen molar-refractivity contribution >= 4 is 40.6 Å². The van der Waals surface area contributed by atoms with Gasteiger partial charge in [-0.3, -0.25) is 4.98 Å². The number of anilines is 2. The standard InChI is InChI=1S/C29H31N7OS/c1-6-22(9-8-21(3)4)18-27(23(7-2)19-30)36-29(32-20-38-5)34-28(35-36)33-24-10-12-25(13-11-24)37-26-14-16-31-17-15-26/h6,8-17,20H,1,7,18H2,2-5H3,(H,33,35)/b22-9+,27-23+,32-20+. The SMILES string of the molecule is C=C/C(=C\C=C(C)C)C/C(=C(\C#N)CC)n1nc(Nc2ccc(Oc3ccncc3)cc2)nc1/N=C/SC. The van der Waals surface area contributed by atoms with E-state index in [1.54, 1.807) is 40.8 Å². The fourth-order valence-electron chi connectivity index (χ4n) is 3.32. The molecule has 8 nitrogen and oxygen atoms in total. The number of rotatable bonds is 12. The van der Waals surface area contributed by atoms with Gasteiger partial charge in [-0.1, -0.05) is 37.3 Å². The zero-order chi connectivity index (χ0) is 27.3. The van der Waals surface area contributed by atoms with Crippen molar-refractivity contribution in [1.82, 2.24) is 19.7 Å². The van der Waals surface area contributed by atoms with E-state index in [0.29, 0.717) is 47.5 Å². The molecule has 0 unspecified atom stereocenters. The third kappa shape index (κ3) is 8.05. The van der Waals surface area contributed by atoms with Crippen molar-refractivity contribution in [3.8, 4) is 17.6 Å². The number of nitriles is 1. The molecule has 0 radical (unpaired) electrons. The molecule has 1 N–H and O–H groups in total. The Hall–Kier alpha value is -4.42. The molecule has 9 heteroatoms. The molecule has 3 rings (SSSR count). The van der Waals surface area contributed by atoms with Gasteiger partial charge in [0.2, 0.25) is 5.95 Å². The van der Waals surface area contributed by atoms with Gasteiger partial charge in [0.15, 0.2) is 0 Å². The highest BCUT2D eigenvalue weighted by molar-refractivity contribution is 8.11. The van der Waals surface area contributed by atoms with Crippen LogP contribution in [0.4, 0.5) is 17.6 Å². The summed E-state index contributed by atoms with van der Waals surface area (Å²) in [6, 6.07) is 13.4. The monoisotopic (exact) mass is 525 g/mol. The van der Waals surface area contributed by atoms with Crippen LogP contribution < -0.4 is 10.1 Å². The zero-order valence-corrected chi connectivity index (χ0v) is 22.9. The number of pyridine rings is 1. The van der Waals surface area contributed by atoms with Gasteiger partial charge in [-0.2, -0.15) is 14.9 Å². The number of hydrogen-bond acceptors (Lipinski definition) is 8. The number of aliphatic imine (C=N–C) groups is 1. The second-order valence-electron chi connectivity index (χ2n) is 8.31. The number of ether oxygens (including phenoxy) is 1. The minimum Gasteiger partial charge on any atom is -0.457 e. The van der Waals surface area contributed by atoms with E-state index >= 15 is 0 Å². The van der Waals surface area contributed by atoms with Crippen LogP contribution in [0.3, 0.4) is 0 Å². The Morgan fingerprint density at radius 3 is 2.47 bits per heavy atom. The third-order valence-corrected chi connectivity index (χ3v) is 5.53. The molecule has 0 atom stereocenters. The lowest BCUT2D eigenvalue weighted by molar-refractivity contribution is 0.482. The molecule has 2 aromatic heterocycles. The maximum absolute atomic E-state index is 9.90. The summed E-state index contributed by atoms with van der Waals surface area (Å²) in [4.78, 5) is 13.1. The number of nitrogens with zero attached hydrogens (tertiary/aromatic N) is 6. The van der Waals surface area contributed by atoms with Crippen LogP contribution in [-0.2, 0) is 0 Å². The third-order valence-electron chi connectivity index (χ3n) is 5.22. The lowest BCUT2D eigenvalue weighted by Crippen LogP contribution is -2.04. The molecule has 0 spiro atoms. The van der Waals surface area contributed by atoms with E-state index in [1.807, 2.05) is 63.4 Å². The highest BCUT2D eigenvalue weighted by Crippen LogP contribution is 2.29. The first-order valence-electron chi connectivity index (χ1n) is 12.0. The Labute approximate surface area is 228 Å². The number of hydrogen-bond donors (Lipinski definition) is 1. The molecular weight excluding hydrogens is 494 g/mol. The minimum absolute atomic E-state index is 0.361. The maximum atomic E-state index is 9.90. The molecule has 3 aromatic rings. The molecular formula is C29H31N7OS. The molecule has 0 fully saturated rings. The number of thioether (sulfide) groups is 1. The van der Waals surface area contributed by atoms with E-state index in [-0.39, 0.29) is 0 Å². The largest absolute Gasteiger partial charge is 0.457 e. The summed E-state index contributed by atoms with van der Waals surface area (Å²) in [5.74, 6) is 2.14. The lowest BCUT2D eigenvalue weighted by atomic mass is 10.0. The second kappa shape index (κ2) is 14.4. The fraction of sp³-hybridized carbons (Fsp3) is 0.207. The average molecular weight is 526 g/mol. The molecule has 2 heterocycles. The van der Waals surface area contributed by atoms with E-state index in [2.05, 4.69) is 32.9 Å². The Kier molecular flexibility index (Phi) is 10.6. The summed E-state index contributed by atoms with van der Waals surface area (Å²) in [5.41, 5.74) is 5.90. The van der Waals surface area contributed by atoms with Gasteiger partial charge in [-0.05, 0) is 68.5 Å². The van der Waals surface area contributed by atoms with E-state index in [1.165, 1.54) is 17.3 Å². The first kappa shape index (κ1) is 28.2. The Morgan fingerprint density at radius 2 is 1.87 bits per heavy atom. The highest BCUT2D eigenvalue weighted by Gasteiger charge is 2.18. The van der Waals surface area contributed by atoms with Crippen LogP contribution in [0, 0.1) is 11.3 Å². The van der Waals surface area contributed by atoms with Crippen molar-refractivity contribution in [3.63, 3.8) is 0 Å². The van der Waals surface area contributed by atoms with Crippen molar-refractivity contribution in [2.75, 3.05) is 11.6 Å².